The van der Waals surface area contributed by atoms with Crippen LogP contribution in [-0.2, 0) is 13.0 Å². The van der Waals surface area contributed by atoms with Crippen molar-refractivity contribution in [1.29, 1.82) is 0 Å². The van der Waals surface area contributed by atoms with Gasteiger partial charge in [0.1, 0.15) is 17.7 Å². The van der Waals surface area contributed by atoms with Crippen molar-refractivity contribution in [3.8, 4) is 11.4 Å². The average molecular weight is 499 g/mol. The van der Waals surface area contributed by atoms with E-state index in [1.807, 2.05) is 30.3 Å². The Morgan fingerprint density at radius 1 is 1.08 bits per heavy atom. The second-order valence-electron chi connectivity index (χ2n) is 9.29. The van der Waals surface area contributed by atoms with Gasteiger partial charge >= 0.3 is 5.76 Å². The number of benzene rings is 2. The molecule has 0 bridgehead atoms. The highest BCUT2D eigenvalue weighted by atomic mass is 16.5. The van der Waals surface area contributed by atoms with Crippen LogP contribution < -0.4 is 16.4 Å². The maximum absolute atomic E-state index is 13.0. The van der Waals surface area contributed by atoms with Crippen LogP contribution in [0.5, 0.6) is 0 Å². The Labute approximate surface area is 212 Å². The number of H-pyrrole nitrogens is 1. The minimum Gasteiger partial charge on any atom is -0.347 e. The lowest BCUT2D eigenvalue weighted by molar-refractivity contribution is 0.0931. The molecule has 1 aliphatic rings. The fourth-order valence-electron chi connectivity index (χ4n) is 4.44. The van der Waals surface area contributed by atoms with E-state index >= 15 is 0 Å². The van der Waals surface area contributed by atoms with Gasteiger partial charge in [0.05, 0.1) is 6.04 Å². The van der Waals surface area contributed by atoms with Crippen LogP contribution in [0.25, 0.3) is 11.4 Å². The van der Waals surface area contributed by atoms with Gasteiger partial charge in [-0.2, -0.15) is 0 Å². The van der Waals surface area contributed by atoms with E-state index in [0.29, 0.717) is 24.7 Å². The lowest BCUT2D eigenvalue weighted by atomic mass is 10.0. The van der Waals surface area contributed by atoms with Gasteiger partial charge in [-0.25, -0.2) is 14.8 Å². The van der Waals surface area contributed by atoms with Gasteiger partial charge in [-0.3, -0.25) is 19.1 Å². The van der Waals surface area contributed by atoms with Crippen LogP contribution in [0.2, 0.25) is 0 Å². The predicted molar refractivity (Wildman–Crippen MR) is 135 cm³/mol. The van der Waals surface area contributed by atoms with Crippen LogP contribution in [-0.4, -0.2) is 31.9 Å². The number of amides is 2. The zero-order valence-electron chi connectivity index (χ0n) is 20.4. The summed E-state index contributed by atoms with van der Waals surface area (Å²) in [5.41, 5.74) is 5.20. The first-order valence-electron chi connectivity index (χ1n) is 12.1. The zero-order chi connectivity index (χ0) is 25.9. The van der Waals surface area contributed by atoms with Gasteiger partial charge < -0.3 is 10.6 Å². The molecule has 0 unspecified atom stereocenters. The summed E-state index contributed by atoms with van der Waals surface area (Å²) in [6.07, 6.45) is 2.69. The molecule has 3 N–H and O–H groups in total. The summed E-state index contributed by atoms with van der Waals surface area (Å²) in [6.45, 7) is 4.59. The van der Waals surface area contributed by atoms with Crippen LogP contribution in [0.3, 0.4) is 0 Å². The molecule has 2 amide bonds. The molecule has 0 spiro atoms. The number of nitrogens with one attached hydrogen (secondary N) is 3. The van der Waals surface area contributed by atoms with Crippen LogP contribution >= 0.6 is 0 Å². The summed E-state index contributed by atoms with van der Waals surface area (Å²) in [5.74, 6) is -0.620. The third-order valence-corrected chi connectivity index (χ3v) is 6.44. The van der Waals surface area contributed by atoms with E-state index in [0.717, 1.165) is 28.7 Å². The number of aromatic nitrogens is 4. The Kier molecular flexibility index (Phi) is 6.63. The third-order valence-electron chi connectivity index (χ3n) is 6.44. The van der Waals surface area contributed by atoms with E-state index < -0.39 is 5.76 Å². The predicted octanol–water partition coefficient (Wildman–Crippen LogP) is 3.29. The molecule has 37 heavy (non-hydrogen) atoms. The largest absolute Gasteiger partial charge is 0.439 e. The van der Waals surface area contributed by atoms with Crippen LogP contribution in [0.15, 0.2) is 64.2 Å². The van der Waals surface area contributed by atoms with Crippen molar-refractivity contribution in [1.82, 2.24) is 30.7 Å². The molecule has 188 valence electrons. The van der Waals surface area contributed by atoms with E-state index in [9.17, 15) is 14.4 Å². The summed E-state index contributed by atoms with van der Waals surface area (Å²) in [4.78, 5) is 47.6. The molecule has 1 atom stereocenters. The number of hydrogen-bond donors (Lipinski definition) is 3. The van der Waals surface area contributed by atoms with Crippen LogP contribution in [0, 0.1) is 0 Å². The Balaban J connectivity index is 1.24. The Morgan fingerprint density at radius 3 is 2.65 bits per heavy atom. The quantitative estimate of drug-likeness (QED) is 0.355. The normalized spacial score (nSPS) is 14.4. The number of nitrogens with zero attached hydrogens (tertiary/aromatic N) is 3. The van der Waals surface area contributed by atoms with Crippen LogP contribution in [0.4, 0.5) is 0 Å². The Bertz CT molecular complexity index is 1520. The Hall–Kier alpha value is -4.60. The molecular formula is C27H26N6O4. The number of carbonyl (C=O) groups excluding carboxylic acids is 2. The fourth-order valence-corrected chi connectivity index (χ4v) is 4.44. The molecule has 0 radical (unpaired) electrons. The van der Waals surface area contributed by atoms with Crippen molar-refractivity contribution in [2.45, 2.75) is 45.2 Å². The van der Waals surface area contributed by atoms with Crippen molar-refractivity contribution in [3.05, 3.63) is 99.1 Å². The number of aromatic amines is 1. The van der Waals surface area contributed by atoms with Gasteiger partial charge in [-0.1, -0.05) is 55.4 Å². The van der Waals surface area contributed by atoms with Crippen molar-refractivity contribution in [2.75, 3.05) is 0 Å². The highest BCUT2D eigenvalue weighted by molar-refractivity contribution is 5.97. The van der Waals surface area contributed by atoms with Crippen molar-refractivity contribution in [2.24, 2.45) is 0 Å². The standard InChI is InChI=1S/C27H26N6O4/c1-15(2)17-5-3-4-16(10-17)13-28-25(34)22-12-23(30-14-29-22)26(35)31-21-9-7-18-11-19(6-8-20(18)21)24-32-27(36)37-33-24/h3-6,8,10-12,14-15,21H,7,9,13H2,1-2H3,(H,28,34)(H,31,35)(H,32,33,36)/t21-/m0/s1. The van der Waals surface area contributed by atoms with E-state index in [-0.39, 0.29) is 29.2 Å². The van der Waals surface area contributed by atoms with Crippen molar-refractivity contribution >= 4 is 11.8 Å². The summed E-state index contributed by atoms with van der Waals surface area (Å²) in [7, 11) is 0. The van der Waals surface area contributed by atoms with Gasteiger partial charge in [0.15, 0.2) is 5.82 Å². The minimum absolute atomic E-state index is 0.118. The summed E-state index contributed by atoms with van der Waals surface area (Å²) in [6, 6.07) is 14.9. The van der Waals surface area contributed by atoms with E-state index in [4.69, 9.17) is 0 Å². The first-order valence-corrected chi connectivity index (χ1v) is 12.1. The molecule has 0 saturated heterocycles. The fraction of sp³-hybridized carbons (Fsp3) is 0.259. The summed E-state index contributed by atoms with van der Waals surface area (Å²) < 4.78 is 4.58. The monoisotopic (exact) mass is 498 g/mol. The number of carbonyl (C=O) groups is 2. The Morgan fingerprint density at radius 2 is 1.89 bits per heavy atom. The maximum Gasteiger partial charge on any atom is 0.439 e. The second kappa shape index (κ2) is 10.2. The average Bonchev–Trinajstić information content (AvgIpc) is 3.53. The molecular weight excluding hydrogens is 472 g/mol. The molecule has 10 heteroatoms. The lowest BCUT2D eigenvalue weighted by Crippen LogP contribution is -2.29. The number of rotatable bonds is 7. The number of fused-ring (bicyclic) bond motifs is 1. The maximum atomic E-state index is 13.0. The number of hydrogen-bond acceptors (Lipinski definition) is 7. The van der Waals surface area contributed by atoms with Crippen LogP contribution in [0.1, 0.15) is 75.5 Å². The van der Waals surface area contributed by atoms with Gasteiger partial charge in [-0.05, 0) is 47.1 Å². The molecule has 0 saturated carbocycles. The van der Waals surface area contributed by atoms with Gasteiger partial charge in [-0.15, -0.1) is 0 Å². The van der Waals surface area contributed by atoms with E-state index in [1.165, 1.54) is 18.0 Å². The first kappa shape index (κ1) is 24.1. The molecule has 2 aromatic heterocycles. The number of aryl methyl sites for hydroxylation is 1. The molecule has 0 fully saturated rings. The molecule has 10 nitrogen and oxygen atoms in total. The minimum atomic E-state index is -0.612. The summed E-state index contributed by atoms with van der Waals surface area (Å²) >= 11 is 0. The third kappa shape index (κ3) is 5.32. The smallest absolute Gasteiger partial charge is 0.347 e. The first-order chi connectivity index (χ1) is 17.9. The lowest BCUT2D eigenvalue weighted by Gasteiger charge is -2.14. The van der Waals surface area contributed by atoms with Crippen molar-refractivity contribution < 1.29 is 14.1 Å². The van der Waals surface area contributed by atoms with Gasteiger partial charge in [0, 0.05) is 18.2 Å². The van der Waals surface area contributed by atoms with Gasteiger partial charge in [0.2, 0.25) is 0 Å². The topological polar surface area (TPSA) is 143 Å². The molecule has 4 aromatic rings. The zero-order valence-corrected chi connectivity index (χ0v) is 20.4. The molecule has 1 aliphatic carbocycles. The highest BCUT2D eigenvalue weighted by Gasteiger charge is 2.26. The molecule has 2 aromatic carbocycles. The molecule has 2 heterocycles. The molecule has 0 aliphatic heterocycles. The summed E-state index contributed by atoms with van der Waals surface area (Å²) in [5, 5.41) is 9.58. The van der Waals surface area contributed by atoms with E-state index in [2.05, 4.69) is 61.2 Å². The molecule has 5 rings (SSSR count). The van der Waals surface area contributed by atoms with Gasteiger partial charge in [0.25, 0.3) is 11.8 Å². The van der Waals surface area contributed by atoms with Crippen molar-refractivity contribution in [3.63, 3.8) is 0 Å². The SMILES string of the molecule is CC(C)c1cccc(CNC(=O)c2cc(C(=O)N[C@H]3CCc4cc(-c5noc(=O)[nH]5)ccc43)ncn2)c1. The van der Waals surface area contributed by atoms with E-state index in [1.54, 1.807) is 0 Å². The second-order valence-corrected chi connectivity index (χ2v) is 9.29. The highest BCUT2D eigenvalue weighted by Crippen LogP contribution is 2.33.